The molecule has 1 aliphatic rings. The van der Waals surface area contributed by atoms with Gasteiger partial charge in [-0.25, -0.2) is 4.39 Å². The van der Waals surface area contributed by atoms with Gasteiger partial charge in [-0.1, -0.05) is 18.2 Å². The number of hydrogen-bond donors (Lipinski definition) is 0. The van der Waals surface area contributed by atoms with Crippen molar-refractivity contribution in [2.75, 3.05) is 18.0 Å². The molecule has 4 aromatic rings. The molecule has 0 spiro atoms. The minimum absolute atomic E-state index is 0.00231. The summed E-state index contributed by atoms with van der Waals surface area (Å²) < 4.78 is 21.8. The summed E-state index contributed by atoms with van der Waals surface area (Å²) in [4.78, 5) is 15.8. The van der Waals surface area contributed by atoms with Gasteiger partial charge in [-0.15, -0.1) is 0 Å². The summed E-state index contributed by atoms with van der Waals surface area (Å²) in [5.41, 5.74) is 4.05. The summed E-state index contributed by atoms with van der Waals surface area (Å²) >= 11 is 0. The number of benzene rings is 3. The maximum absolute atomic E-state index is 14.3. The van der Waals surface area contributed by atoms with Gasteiger partial charge in [0.1, 0.15) is 11.9 Å². The van der Waals surface area contributed by atoms with E-state index in [9.17, 15) is 9.18 Å². The number of ether oxygens (including phenoxy) is 1. The van der Waals surface area contributed by atoms with Gasteiger partial charge in [0.25, 0.3) is 5.56 Å². The van der Waals surface area contributed by atoms with Crippen LogP contribution in [0.15, 0.2) is 71.7 Å². The molecule has 35 heavy (non-hydrogen) atoms. The lowest BCUT2D eigenvalue weighted by atomic mass is 9.95. The van der Waals surface area contributed by atoms with Crippen molar-refractivity contribution in [1.29, 1.82) is 5.26 Å². The number of fused-ring (bicyclic) bond motifs is 1. The van der Waals surface area contributed by atoms with Gasteiger partial charge in [0, 0.05) is 36.0 Å². The van der Waals surface area contributed by atoms with Crippen LogP contribution in [0.2, 0.25) is 0 Å². The molecule has 176 valence electrons. The number of halogens is 1. The molecule has 0 N–H and O–H groups in total. The average molecular weight is 468 g/mol. The number of pyridine rings is 1. The highest BCUT2D eigenvalue weighted by Gasteiger charge is 2.22. The predicted octanol–water partition coefficient (Wildman–Crippen LogP) is 5.59. The number of aryl methyl sites for hydroxylation is 1. The summed E-state index contributed by atoms with van der Waals surface area (Å²) in [6.45, 7) is 7.77. The Kier molecular flexibility index (Phi) is 5.88. The van der Waals surface area contributed by atoms with Gasteiger partial charge in [-0.05, 0) is 85.3 Å². The molecule has 0 aliphatic carbocycles. The highest BCUT2D eigenvalue weighted by Crippen LogP contribution is 2.31. The lowest BCUT2D eigenvalue weighted by molar-refractivity contribution is -0.00521. The predicted molar refractivity (Wildman–Crippen MR) is 137 cm³/mol. The van der Waals surface area contributed by atoms with Crippen LogP contribution in [0.4, 0.5) is 10.1 Å². The fourth-order valence-electron chi connectivity index (χ4n) is 5.02. The zero-order valence-electron chi connectivity index (χ0n) is 20.0. The van der Waals surface area contributed by atoms with Crippen LogP contribution >= 0.6 is 0 Å². The normalized spacial score (nSPS) is 18.0. The molecule has 1 aromatic heterocycles. The second kappa shape index (κ2) is 9.01. The first-order chi connectivity index (χ1) is 16.9. The topological polar surface area (TPSA) is 58.3 Å². The fraction of sp³-hybridized carbons (Fsp3) is 0.241. The standard InChI is InChI=1S/C29H26FN3O2/c1-18-15-33(24-11-9-23(10-12-24)32-16-19(2)35-20(3)17-32)29(34)26-6-4-5-25(28(18)26)21-7-8-22(14-31)27(30)13-21/h4-13,15,19-20H,16-17H2,1-3H3/t19-,20?/m1/s1. The third kappa shape index (κ3) is 4.20. The molecule has 5 nitrogen and oxygen atoms in total. The summed E-state index contributed by atoms with van der Waals surface area (Å²) in [5.74, 6) is -0.572. The van der Waals surface area contributed by atoms with Crippen molar-refractivity contribution < 1.29 is 9.13 Å². The van der Waals surface area contributed by atoms with Gasteiger partial charge in [0.15, 0.2) is 0 Å². The molecule has 2 heterocycles. The number of hydrogen-bond acceptors (Lipinski definition) is 4. The van der Waals surface area contributed by atoms with E-state index in [2.05, 4.69) is 18.7 Å². The summed E-state index contributed by atoms with van der Waals surface area (Å²) in [7, 11) is 0. The molecule has 1 fully saturated rings. The maximum atomic E-state index is 14.3. The van der Waals surface area contributed by atoms with Gasteiger partial charge >= 0.3 is 0 Å². The van der Waals surface area contributed by atoms with Crippen LogP contribution < -0.4 is 10.5 Å². The minimum Gasteiger partial charge on any atom is -0.372 e. The molecule has 6 heteroatoms. The van der Waals surface area contributed by atoms with E-state index >= 15 is 0 Å². The van der Waals surface area contributed by atoms with Crippen molar-refractivity contribution in [1.82, 2.24) is 4.57 Å². The highest BCUT2D eigenvalue weighted by molar-refractivity contribution is 5.98. The van der Waals surface area contributed by atoms with Crippen LogP contribution in [0.5, 0.6) is 0 Å². The van der Waals surface area contributed by atoms with E-state index in [0.717, 1.165) is 41.0 Å². The SMILES string of the molecule is Cc1cn(-c2ccc(N3CC(C)O[C@H](C)C3)cc2)c(=O)c2cccc(-c3ccc(C#N)c(F)c3)c12. The molecule has 0 bridgehead atoms. The molecule has 0 amide bonds. The van der Waals surface area contributed by atoms with Crippen molar-refractivity contribution in [3.05, 3.63) is 94.2 Å². The van der Waals surface area contributed by atoms with Crippen LogP contribution in [-0.4, -0.2) is 29.9 Å². The number of morpholine rings is 1. The number of rotatable bonds is 3. The number of aromatic nitrogens is 1. The second-order valence-electron chi connectivity index (χ2n) is 9.20. The van der Waals surface area contributed by atoms with Crippen LogP contribution in [0.25, 0.3) is 27.6 Å². The first-order valence-electron chi connectivity index (χ1n) is 11.7. The van der Waals surface area contributed by atoms with Gasteiger partial charge < -0.3 is 9.64 Å². The lowest BCUT2D eigenvalue weighted by Crippen LogP contribution is -2.45. The van der Waals surface area contributed by atoms with Crippen molar-refractivity contribution in [2.24, 2.45) is 0 Å². The summed E-state index contributed by atoms with van der Waals surface area (Å²) in [5, 5.41) is 10.4. The Morgan fingerprint density at radius 1 is 1.00 bits per heavy atom. The van der Waals surface area contributed by atoms with Gasteiger partial charge in [-0.3, -0.25) is 9.36 Å². The Morgan fingerprint density at radius 2 is 1.69 bits per heavy atom. The van der Waals surface area contributed by atoms with Crippen LogP contribution in [0, 0.1) is 24.1 Å². The molecule has 1 aliphatic heterocycles. The molecule has 2 atom stereocenters. The van der Waals surface area contributed by atoms with E-state index in [0.29, 0.717) is 10.9 Å². The lowest BCUT2D eigenvalue weighted by Gasteiger charge is -2.36. The Labute approximate surface area is 203 Å². The monoisotopic (exact) mass is 467 g/mol. The summed E-state index contributed by atoms with van der Waals surface area (Å²) in [6.07, 6.45) is 2.17. The molecule has 1 unspecified atom stereocenters. The zero-order chi connectivity index (χ0) is 24.7. The van der Waals surface area contributed by atoms with Crippen molar-refractivity contribution >= 4 is 16.5 Å². The van der Waals surface area contributed by atoms with Crippen molar-refractivity contribution in [2.45, 2.75) is 33.0 Å². The molecule has 0 radical (unpaired) electrons. The maximum Gasteiger partial charge on any atom is 0.262 e. The van der Waals surface area contributed by atoms with Crippen LogP contribution in [0.3, 0.4) is 0 Å². The third-order valence-corrected chi connectivity index (χ3v) is 6.54. The molecule has 3 aromatic carbocycles. The molecule has 1 saturated heterocycles. The minimum atomic E-state index is -0.572. The fourth-order valence-corrected chi connectivity index (χ4v) is 5.02. The first-order valence-corrected chi connectivity index (χ1v) is 11.7. The van der Waals surface area contributed by atoms with Gasteiger partial charge in [-0.2, -0.15) is 5.26 Å². The molecule has 0 saturated carbocycles. The Morgan fingerprint density at radius 3 is 2.34 bits per heavy atom. The van der Waals surface area contributed by atoms with Crippen molar-refractivity contribution in [3.8, 4) is 22.9 Å². The van der Waals surface area contributed by atoms with Crippen LogP contribution in [0.1, 0.15) is 25.0 Å². The van der Waals surface area contributed by atoms with E-state index < -0.39 is 5.82 Å². The van der Waals surface area contributed by atoms with Crippen molar-refractivity contribution in [3.63, 3.8) is 0 Å². The van der Waals surface area contributed by atoms with E-state index in [1.54, 1.807) is 16.7 Å². The van der Waals surface area contributed by atoms with Gasteiger partial charge in [0.2, 0.25) is 0 Å². The Balaban J connectivity index is 1.56. The molecular weight excluding hydrogens is 441 g/mol. The first kappa shape index (κ1) is 22.8. The number of anilines is 1. The second-order valence-corrected chi connectivity index (χ2v) is 9.20. The smallest absolute Gasteiger partial charge is 0.262 e. The largest absolute Gasteiger partial charge is 0.372 e. The van der Waals surface area contributed by atoms with Gasteiger partial charge in [0.05, 0.1) is 17.8 Å². The van der Waals surface area contributed by atoms with Crippen LogP contribution in [-0.2, 0) is 4.74 Å². The number of nitrogens with zero attached hydrogens (tertiary/aromatic N) is 3. The van der Waals surface area contributed by atoms with E-state index in [-0.39, 0.29) is 23.3 Å². The quantitative estimate of drug-likeness (QED) is 0.394. The zero-order valence-corrected chi connectivity index (χ0v) is 20.0. The van der Waals surface area contributed by atoms with E-state index in [4.69, 9.17) is 10.00 Å². The Hall–Kier alpha value is -3.95. The average Bonchev–Trinajstić information content (AvgIpc) is 2.85. The van der Waals surface area contributed by atoms with E-state index in [1.807, 2.05) is 55.6 Å². The highest BCUT2D eigenvalue weighted by atomic mass is 19.1. The molecule has 5 rings (SSSR count). The summed E-state index contributed by atoms with van der Waals surface area (Å²) in [6, 6.07) is 19.9. The molecular formula is C29H26FN3O2. The third-order valence-electron chi connectivity index (χ3n) is 6.54. The van der Waals surface area contributed by atoms with E-state index in [1.165, 1.54) is 12.1 Å². The Bertz CT molecular complexity index is 1510. The number of nitriles is 1.